The molecule has 15 heteroatoms. The van der Waals surface area contributed by atoms with Gasteiger partial charge in [-0.25, -0.2) is 8.78 Å². The Kier molecular flexibility index (Phi) is 18.1. The molecule has 0 saturated carbocycles. The van der Waals surface area contributed by atoms with E-state index >= 15 is 0 Å². The van der Waals surface area contributed by atoms with Crippen LogP contribution in [0.25, 0.3) is 22.3 Å². The van der Waals surface area contributed by atoms with Crippen LogP contribution in [0.2, 0.25) is 0 Å². The van der Waals surface area contributed by atoms with Crippen LogP contribution in [0.1, 0.15) is 27.6 Å². The van der Waals surface area contributed by atoms with Crippen molar-refractivity contribution < 1.29 is 94.6 Å². The van der Waals surface area contributed by atoms with Gasteiger partial charge in [-0.1, -0.05) is 36.4 Å². The van der Waals surface area contributed by atoms with E-state index in [0.717, 1.165) is 11.1 Å². The number of carboxylic acids is 2. The molecule has 6 aromatic rings. The molecule has 6 rings (SSSR count). The predicted molar refractivity (Wildman–Crippen MR) is 185 cm³/mol. The quantitative estimate of drug-likeness (QED) is 0.138. The Morgan fingerprint density at radius 3 is 1.44 bits per heavy atom. The van der Waals surface area contributed by atoms with Crippen LogP contribution in [0, 0.1) is 11.6 Å². The molecule has 0 unspecified atom stereocenters. The third kappa shape index (κ3) is 11.7. The number of carbonyl (C=O) groups is 2. The standard InChI is InChI=1S/C20H17FN2O3.C19H15FN2O3.3Li/c1-2-26-15-5-3-4-13(10-15)14-6-7-18(17(21)11-14)23-19-12-22-9-8-16(19)20(24)25;1-25-14-4-2-3-12(9-14)13-5-6-17(16(20)10-13)22-18-11-21-8-7-15(18)19(23)24;;;/h3-12,23H,2H2,1H3,(H,24,25);2-11,22H,1H3,(H,23,24);;;/q;;3*+1/p-2. The smallest absolute Gasteiger partial charge is 0.545 e. The molecule has 2 aromatic heterocycles. The molecule has 0 spiro atoms. The minimum Gasteiger partial charge on any atom is -0.545 e. The summed E-state index contributed by atoms with van der Waals surface area (Å²) in [5.41, 5.74) is 3.41. The van der Waals surface area contributed by atoms with E-state index in [9.17, 15) is 28.6 Å². The number of ether oxygens (including phenoxy) is 2. The third-order valence-corrected chi connectivity index (χ3v) is 7.44. The molecule has 0 aliphatic heterocycles. The van der Waals surface area contributed by atoms with E-state index in [1.54, 1.807) is 37.4 Å². The number of halogens is 2. The van der Waals surface area contributed by atoms with Crippen molar-refractivity contribution in [1.82, 2.24) is 9.97 Å². The largest absolute Gasteiger partial charge is 1.00 e. The fourth-order valence-corrected chi connectivity index (χ4v) is 4.96. The van der Waals surface area contributed by atoms with Crippen molar-refractivity contribution in [3.63, 3.8) is 0 Å². The second kappa shape index (κ2) is 21.6. The zero-order chi connectivity index (χ0) is 36.3. The molecular weight excluding hydrogens is 679 g/mol. The summed E-state index contributed by atoms with van der Waals surface area (Å²) in [6, 6.07) is 26.5. The second-order valence-corrected chi connectivity index (χ2v) is 10.7. The maximum atomic E-state index is 14.5. The average molecular weight is 710 g/mol. The summed E-state index contributed by atoms with van der Waals surface area (Å²) in [6.07, 6.45) is 5.28. The van der Waals surface area contributed by atoms with E-state index in [0.29, 0.717) is 29.2 Å². The summed E-state index contributed by atoms with van der Waals surface area (Å²) in [6.45, 7) is 2.44. The molecule has 0 bridgehead atoms. The van der Waals surface area contributed by atoms with E-state index in [4.69, 9.17) is 9.47 Å². The van der Waals surface area contributed by atoms with Gasteiger partial charge < -0.3 is 39.9 Å². The van der Waals surface area contributed by atoms with Gasteiger partial charge in [0.2, 0.25) is 0 Å². The Hall–Kier alpha value is -5.03. The van der Waals surface area contributed by atoms with Crippen molar-refractivity contribution in [3.8, 4) is 33.8 Å². The van der Waals surface area contributed by atoms with Gasteiger partial charge in [-0.2, -0.15) is 0 Å². The van der Waals surface area contributed by atoms with Crippen molar-refractivity contribution in [3.05, 3.63) is 145 Å². The van der Waals surface area contributed by atoms with Crippen LogP contribution in [0.3, 0.4) is 0 Å². The van der Waals surface area contributed by atoms with Crippen LogP contribution >= 0.6 is 0 Å². The van der Waals surface area contributed by atoms with Crippen LogP contribution in [-0.4, -0.2) is 35.6 Å². The summed E-state index contributed by atoms with van der Waals surface area (Å²) >= 11 is 0. The maximum Gasteiger partial charge on any atom is 1.00 e. The van der Waals surface area contributed by atoms with Crippen LogP contribution in [0.15, 0.2) is 122 Å². The zero-order valence-corrected chi connectivity index (χ0v) is 30.4. The van der Waals surface area contributed by atoms with Gasteiger partial charge in [-0.15, -0.1) is 0 Å². The van der Waals surface area contributed by atoms with Gasteiger partial charge in [0.25, 0.3) is 0 Å². The van der Waals surface area contributed by atoms with Gasteiger partial charge >= 0.3 is 56.6 Å². The number of methoxy groups -OCH3 is 1. The molecule has 258 valence electrons. The number of nitrogens with one attached hydrogen (secondary N) is 2. The number of anilines is 4. The number of hydrogen-bond acceptors (Lipinski definition) is 10. The molecule has 0 aliphatic rings. The molecule has 0 radical (unpaired) electrons. The molecule has 0 amide bonds. The molecular formula is C39H30F2Li3N4O6+. The fourth-order valence-electron chi connectivity index (χ4n) is 4.96. The van der Waals surface area contributed by atoms with E-state index < -0.39 is 23.6 Å². The summed E-state index contributed by atoms with van der Waals surface area (Å²) in [7, 11) is 1.56. The third-order valence-electron chi connectivity index (χ3n) is 7.44. The average Bonchev–Trinajstić information content (AvgIpc) is 3.14. The van der Waals surface area contributed by atoms with Crippen molar-refractivity contribution in [2.75, 3.05) is 24.4 Å². The number of rotatable bonds is 11. The first kappa shape index (κ1) is 45.1. The Bertz CT molecular complexity index is 2200. The topological polar surface area (TPSA) is 149 Å². The minimum atomic E-state index is -1.36. The Balaban J connectivity index is 0.000000354. The summed E-state index contributed by atoms with van der Waals surface area (Å²) in [5.74, 6) is -2.38. The monoisotopic (exact) mass is 709 g/mol. The summed E-state index contributed by atoms with van der Waals surface area (Å²) in [4.78, 5) is 30.0. The van der Waals surface area contributed by atoms with Gasteiger partial charge in [0.05, 0.1) is 60.8 Å². The van der Waals surface area contributed by atoms with Crippen LogP contribution in [0.5, 0.6) is 11.5 Å². The first-order valence-corrected chi connectivity index (χ1v) is 15.5. The number of carboxylic acid groups (broad SMARTS) is 2. The van der Waals surface area contributed by atoms with Crippen LogP contribution in [0.4, 0.5) is 31.5 Å². The zero-order valence-electron chi connectivity index (χ0n) is 30.4. The van der Waals surface area contributed by atoms with Crippen molar-refractivity contribution in [1.29, 1.82) is 0 Å². The number of aromatic carboxylic acids is 2. The van der Waals surface area contributed by atoms with Gasteiger partial charge in [-0.3, -0.25) is 9.97 Å². The summed E-state index contributed by atoms with van der Waals surface area (Å²) in [5, 5.41) is 27.7. The minimum absolute atomic E-state index is 0. The van der Waals surface area contributed by atoms with Crippen molar-refractivity contribution in [2.45, 2.75) is 6.92 Å². The number of pyridine rings is 2. The van der Waals surface area contributed by atoms with Gasteiger partial charge in [0.15, 0.2) is 0 Å². The fraction of sp³-hybridized carbons (Fsp3) is 0.0769. The maximum absolute atomic E-state index is 14.5. The van der Waals surface area contributed by atoms with E-state index in [1.807, 2.05) is 43.3 Å². The first-order valence-electron chi connectivity index (χ1n) is 15.5. The molecule has 0 saturated heterocycles. The number of aromatic nitrogens is 2. The van der Waals surface area contributed by atoms with Crippen molar-refractivity contribution >= 4 is 34.7 Å². The first-order chi connectivity index (χ1) is 24.7. The molecule has 10 nitrogen and oxygen atoms in total. The van der Waals surface area contributed by atoms with Gasteiger partial charge in [-0.05, 0) is 89.8 Å². The molecule has 4 aromatic carbocycles. The Morgan fingerprint density at radius 1 is 0.611 bits per heavy atom. The SMILES string of the molecule is CCOc1cccc(-c2ccc(Nc3cnccc3C(=O)[O-])c(F)c2)c1.COc1cccc(-c2ccc(Nc3cnccc3C(=O)[O-])c(F)c2)c1.[Li+].[Li+].[Li+]. The normalized spacial score (nSPS) is 9.78. The van der Waals surface area contributed by atoms with E-state index in [1.165, 1.54) is 55.1 Å². The summed E-state index contributed by atoms with van der Waals surface area (Å²) < 4.78 is 39.6. The Labute approximate surface area is 346 Å². The molecule has 2 N–H and O–H groups in total. The van der Waals surface area contributed by atoms with E-state index in [2.05, 4.69) is 20.6 Å². The van der Waals surface area contributed by atoms with E-state index in [-0.39, 0.29) is 90.5 Å². The second-order valence-electron chi connectivity index (χ2n) is 10.7. The molecule has 2 heterocycles. The number of benzene rings is 4. The van der Waals surface area contributed by atoms with Gasteiger partial charge in [0, 0.05) is 23.5 Å². The van der Waals surface area contributed by atoms with Crippen LogP contribution in [-0.2, 0) is 0 Å². The molecule has 0 aliphatic carbocycles. The van der Waals surface area contributed by atoms with Crippen molar-refractivity contribution in [2.24, 2.45) is 0 Å². The van der Waals surface area contributed by atoms with Gasteiger partial charge in [0.1, 0.15) is 23.1 Å². The predicted octanol–water partition coefficient (Wildman–Crippen LogP) is -2.59. The molecule has 0 fully saturated rings. The number of hydrogen-bond donors (Lipinski definition) is 2. The molecule has 0 atom stereocenters. The number of carbonyl (C=O) groups excluding carboxylic acids is 2. The molecule has 54 heavy (non-hydrogen) atoms. The van der Waals surface area contributed by atoms with Crippen LogP contribution < -0.4 is 86.9 Å². The Morgan fingerprint density at radius 2 is 1.04 bits per heavy atom. The number of nitrogens with zero attached hydrogens (tertiary/aromatic N) is 2.